The summed E-state index contributed by atoms with van der Waals surface area (Å²) in [4.78, 5) is 25.5. The number of nitrogens with one attached hydrogen (secondary N) is 1. The Morgan fingerprint density at radius 1 is 1.40 bits per heavy atom. The SMILES string of the molecule is Cc1ccc(-c2n[nH]c(=S)n2CC(=O)N2CCOC(C(N)=O)C2)cc1. The van der Waals surface area contributed by atoms with Gasteiger partial charge in [0.05, 0.1) is 13.2 Å². The number of primary amides is 1. The summed E-state index contributed by atoms with van der Waals surface area (Å²) in [6.07, 6.45) is -0.772. The molecule has 3 rings (SSSR count). The fourth-order valence-corrected chi connectivity index (χ4v) is 2.87. The number of carbonyl (C=O) groups is 2. The summed E-state index contributed by atoms with van der Waals surface area (Å²) in [5.41, 5.74) is 7.26. The first-order valence-electron chi connectivity index (χ1n) is 7.86. The van der Waals surface area contributed by atoms with Gasteiger partial charge in [0.15, 0.2) is 16.7 Å². The van der Waals surface area contributed by atoms with Crippen LogP contribution in [-0.4, -0.2) is 57.3 Å². The van der Waals surface area contributed by atoms with Crippen molar-refractivity contribution in [3.8, 4) is 11.4 Å². The summed E-state index contributed by atoms with van der Waals surface area (Å²) < 4.78 is 7.28. The van der Waals surface area contributed by atoms with Crippen LogP contribution in [-0.2, 0) is 20.9 Å². The summed E-state index contributed by atoms with van der Waals surface area (Å²) in [5, 5.41) is 6.97. The summed E-state index contributed by atoms with van der Waals surface area (Å²) in [7, 11) is 0. The van der Waals surface area contributed by atoms with Gasteiger partial charge in [0.2, 0.25) is 11.8 Å². The fraction of sp³-hybridized carbons (Fsp3) is 0.375. The molecule has 0 radical (unpaired) electrons. The van der Waals surface area contributed by atoms with Crippen LogP contribution in [0.5, 0.6) is 0 Å². The van der Waals surface area contributed by atoms with Gasteiger partial charge in [0.1, 0.15) is 6.54 Å². The van der Waals surface area contributed by atoms with Crippen LogP contribution in [0.2, 0.25) is 0 Å². The molecule has 0 aliphatic carbocycles. The van der Waals surface area contributed by atoms with Gasteiger partial charge in [-0.25, -0.2) is 0 Å². The van der Waals surface area contributed by atoms with Crippen molar-refractivity contribution < 1.29 is 14.3 Å². The second kappa shape index (κ2) is 7.16. The number of aromatic amines is 1. The van der Waals surface area contributed by atoms with E-state index in [1.54, 1.807) is 9.47 Å². The van der Waals surface area contributed by atoms with Crippen molar-refractivity contribution in [3.63, 3.8) is 0 Å². The smallest absolute Gasteiger partial charge is 0.248 e. The van der Waals surface area contributed by atoms with Crippen LogP contribution < -0.4 is 5.73 Å². The Morgan fingerprint density at radius 2 is 2.12 bits per heavy atom. The van der Waals surface area contributed by atoms with E-state index < -0.39 is 12.0 Å². The predicted octanol–water partition coefficient (Wildman–Crippen LogP) is 0.629. The molecule has 0 bridgehead atoms. The normalized spacial score (nSPS) is 17.5. The maximum atomic E-state index is 12.6. The van der Waals surface area contributed by atoms with Gasteiger partial charge in [-0.1, -0.05) is 29.8 Å². The van der Waals surface area contributed by atoms with E-state index in [0.717, 1.165) is 11.1 Å². The molecule has 1 aliphatic rings. The van der Waals surface area contributed by atoms with E-state index in [-0.39, 0.29) is 25.6 Å². The zero-order valence-corrected chi connectivity index (χ0v) is 14.6. The molecule has 2 aromatic rings. The topological polar surface area (TPSA) is 106 Å². The minimum Gasteiger partial charge on any atom is -0.367 e. The van der Waals surface area contributed by atoms with Gasteiger partial charge in [-0.2, -0.15) is 5.10 Å². The van der Waals surface area contributed by atoms with E-state index in [9.17, 15) is 9.59 Å². The van der Waals surface area contributed by atoms with Crippen LogP contribution >= 0.6 is 12.2 Å². The number of hydrogen-bond donors (Lipinski definition) is 2. The number of morpholine rings is 1. The van der Waals surface area contributed by atoms with Gasteiger partial charge in [-0.3, -0.25) is 19.3 Å². The third-order valence-electron chi connectivity index (χ3n) is 4.10. The van der Waals surface area contributed by atoms with Crippen molar-refractivity contribution in [2.24, 2.45) is 5.73 Å². The van der Waals surface area contributed by atoms with Crippen LogP contribution in [0.1, 0.15) is 5.56 Å². The highest BCUT2D eigenvalue weighted by molar-refractivity contribution is 7.71. The van der Waals surface area contributed by atoms with Gasteiger partial charge in [-0.05, 0) is 19.1 Å². The minimum atomic E-state index is -0.772. The largest absolute Gasteiger partial charge is 0.367 e. The number of carbonyl (C=O) groups excluding carboxylic acids is 2. The monoisotopic (exact) mass is 361 g/mol. The molecule has 8 nitrogen and oxygen atoms in total. The van der Waals surface area contributed by atoms with Gasteiger partial charge in [0, 0.05) is 12.1 Å². The maximum Gasteiger partial charge on any atom is 0.248 e. The van der Waals surface area contributed by atoms with Crippen LogP contribution in [0.3, 0.4) is 0 Å². The lowest BCUT2D eigenvalue weighted by atomic mass is 10.1. The highest BCUT2D eigenvalue weighted by atomic mass is 32.1. The Bertz CT molecular complexity index is 842. The first kappa shape index (κ1) is 17.3. The molecule has 1 aromatic heterocycles. The summed E-state index contributed by atoms with van der Waals surface area (Å²) >= 11 is 5.26. The van der Waals surface area contributed by atoms with E-state index in [1.807, 2.05) is 31.2 Å². The third kappa shape index (κ3) is 3.77. The van der Waals surface area contributed by atoms with Crippen molar-refractivity contribution in [1.29, 1.82) is 0 Å². The quantitative estimate of drug-likeness (QED) is 0.777. The zero-order chi connectivity index (χ0) is 18.0. The zero-order valence-electron chi connectivity index (χ0n) is 13.8. The highest BCUT2D eigenvalue weighted by Gasteiger charge is 2.28. The molecule has 0 spiro atoms. The number of hydrogen-bond acceptors (Lipinski definition) is 5. The van der Waals surface area contributed by atoms with Crippen molar-refractivity contribution in [2.45, 2.75) is 19.6 Å². The lowest BCUT2D eigenvalue weighted by molar-refractivity contribution is -0.145. The van der Waals surface area contributed by atoms with E-state index >= 15 is 0 Å². The Kier molecular flexibility index (Phi) is 4.95. The number of ether oxygens (including phenoxy) is 1. The molecule has 132 valence electrons. The van der Waals surface area contributed by atoms with E-state index in [4.69, 9.17) is 22.7 Å². The lowest BCUT2D eigenvalue weighted by Crippen LogP contribution is -2.51. The van der Waals surface area contributed by atoms with Gasteiger partial charge in [-0.15, -0.1) is 0 Å². The van der Waals surface area contributed by atoms with Crippen molar-refractivity contribution in [1.82, 2.24) is 19.7 Å². The average molecular weight is 361 g/mol. The van der Waals surface area contributed by atoms with Crippen molar-refractivity contribution >= 4 is 24.0 Å². The number of nitrogens with zero attached hydrogens (tertiary/aromatic N) is 3. The first-order valence-corrected chi connectivity index (χ1v) is 8.27. The molecule has 25 heavy (non-hydrogen) atoms. The predicted molar refractivity (Wildman–Crippen MR) is 93.1 cm³/mol. The summed E-state index contributed by atoms with van der Waals surface area (Å²) in [6.45, 7) is 2.87. The lowest BCUT2D eigenvalue weighted by Gasteiger charge is -2.31. The molecule has 1 aliphatic heterocycles. The van der Waals surface area contributed by atoms with Gasteiger partial charge >= 0.3 is 0 Å². The Balaban J connectivity index is 1.80. The van der Waals surface area contributed by atoms with E-state index in [1.165, 1.54) is 0 Å². The Hall–Kier alpha value is -2.52. The molecular weight excluding hydrogens is 342 g/mol. The fourth-order valence-electron chi connectivity index (χ4n) is 2.67. The Morgan fingerprint density at radius 3 is 2.80 bits per heavy atom. The number of nitrogens with two attached hydrogens (primary N) is 1. The molecule has 1 unspecified atom stereocenters. The molecule has 0 saturated carbocycles. The molecule has 2 heterocycles. The van der Waals surface area contributed by atoms with E-state index in [2.05, 4.69) is 10.2 Å². The number of aryl methyl sites for hydroxylation is 1. The third-order valence-corrected chi connectivity index (χ3v) is 4.41. The van der Waals surface area contributed by atoms with Crippen molar-refractivity contribution in [2.75, 3.05) is 19.7 Å². The molecule has 1 saturated heterocycles. The van der Waals surface area contributed by atoms with Crippen LogP contribution in [0, 0.1) is 11.7 Å². The maximum absolute atomic E-state index is 12.6. The number of amides is 2. The van der Waals surface area contributed by atoms with Crippen molar-refractivity contribution in [3.05, 3.63) is 34.6 Å². The van der Waals surface area contributed by atoms with Crippen LogP contribution in [0.25, 0.3) is 11.4 Å². The second-order valence-corrected chi connectivity index (χ2v) is 6.29. The summed E-state index contributed by atoms with van der Waals surface area (Å²) in [5.74, 6) is -0.142. The van der Waals surface area contributed by atoms with Crippen LogP contribution in [0.4, 0.5) is 0 Å². The van der Waals surface area contributed by atoms with E-state index in [0.29, 0.717) is 17.1 Å². The van der Waals surface area contributed by atoms with Gasteiger partial charge in [0.25, 0.3) is 0 Å². The molecular formula is C16H19N5O3S. The molecule has 2 amide bonds. The summed E-state index contributed by atoms with van der Waals surface area (Å²) in [6, 6.07) is 7.80. The Labute approximate surface area is 149 Å². The first-order chi connectivity index (χ1) is 12.0. The van der Waals surface area contributed by atoms with Gasteiger partial charge < -0.3 is 15.4 Å². The molecule has 1 aromatic carbocycles. The standard InChI is InChI=1S/C16H19N5O3S/c1-10-2-4-11(5-3-10)15-18-19-16(25)21(15)9-13(22)20-6-7-24-12(8-20)14(17)23/h2-5,12H,6-9H2,1H3,(H2,17,23)(H,19,25). The second-order valence-electron chi connectivity index (χ2n) is 5.91. The molecule has 3 N–H and O–H groups in total. The minimum absolute atomic E-state index is 0.0318. The number of aromatic nitrogens is 3. The number of rotatable bonds is 4. The number of H-pyrrole nitrogens is 1. The number of benzene rings is 1. The average Bonchev–Trinajstić information content (AvgIpc) is 2.96. The molecule has 1 atom stereocenters. The molecule has 9 heteroatoms. The van der Waals surface area contributed by atoms with Crippen LogP contribution in [0.15, 0.2) is 24.3 Å². The highest BCUT2D eigenvalue weighted by Crippen LogP contribution is 2.18. The molecule has 1 fully saturated rings.